The molecule has 1 aromatic rings. The molecule has 4 heteroatoms. The van der Waals surface area contributed by atoms with Gasteiger partial charge in [-0.1, -0.05) is 6.92 Å². The number of thiophene rings is 1. The molecule has 1 aliphatic rings. The van der Waals surface area contributed by atoms with Crippen molar-refractivity contribution in [1.29, 1.82) is 0 Å². The first-order valence-electron chi connectivity index (χ1n) is 6.69. The van der Waals surface area contributed by atoms with Gasteiger partial charge in [0.2, 0.25) is 0 Å². The molecule has 0 unspecified atom stereocenters. The molecule has 1 N–H and O–H groups in total. The maximum atomic E-state index is 12.2. The van der Waals surface area contributed by atoms with Gasteiger partial charge in [0.05, 0.1) is 5.56 Å². The summed E-state index contributed by atoms with van der Waals surface area (Å²) < 4.78 is 0. The molecule has 3 nitrogen and oxygen atoms in total. The van der Waals surface area contributed by atoms with Crippen LogP contribution in [-0.4, -0.2) is 36.5 Å². The molecule has 1 saturated heterocycles. The van der Waals surface area contributed by atoms with Crippen LogP contribution in [0.2, 0.25) is 0 Å². The number of hydrogen-bond acceptors (Lipinski definition) is 3. The van der Waals surface area contributed by atoms with E-state index < -0.39 is 0 Å². The van der Waals surface area contributed by atoms with Gasteiger partial charge in [0.25, 0.3) is 5.91 Å². The van der Waals surface area contributed by atoms with Crippen LogP contribution in [-0.2, 0) is 0 Å². The molecule has 1 fully saturated rings. The van der Waals surface area contributed by atoms with Gasteiger partial charge >= 0.3 is 0 Å². The van der Waals surface area contributed by atoms with Gasteiger partial charge in [0, 0.05) is 29.4 Å². The van der Waals surface area contributed by atoms with Gasteiger partial charge in [-0.2, -0.15) is 0 Å². The second-order valence-corrected chi connectivity index (χ2v) is 6.10. The van der Waals surface area contributed by atoms with Crippen LogP contribution in [0.15, 0.2) is 5.38 Å². The Kier molecular flexibility index (Phi) is 4.40. The number of carbonyl (C=O) groups is 1. The molecule has 2 heterocycles. The third-order valence-electron chi connectivity index (χ3n) is 3.90. The van der Waals surface area contributed by atoms with Crippen molar-refractivity contribution in [2.45, 2.75) is 39.7 Å². The Hall–Kier alpha value is -0.870. The lowest BCUT2D eigenvalue weighted by Gasteiger charge is -2.31. The monoisotopic (exact) mass is 266 g/mol. The maximum absolute atomic E-state index is 12.2. The molecule has 1 aromatic heterocycles. The van der Waals surface area contributed by atoms with E-state index in [-0.39, 0.29) is 5.91 Å². The molecule has 0 spiro atoms. The molecular formula is C14H22N2OS. The van der Waals surface area contributed by atoms with Gasteiger partial charge in [0.1, 0.15) is 0 Å². The Balaban J connectivity index is 1.91. The predicted octanol–water partition coefficient (Wildman–Crippen LogP) is 2.58. The molecule has 0 atom stereocenters. The molecule has 0 bridgehead atoms. The van der Waals surface area contributed by atoms with E-state index in [2.05, 4.69) is 24.1 Å². The Bertz CT molecular complexity index is 419. The number of carbonyl (C=O) groups excluding carboxylic acids is 1. The van der Waals surface area contributed by atoms with E-state index >= 15 is 0 Å². The number of aryl methyl sites for hydroxylation is 1. The number of hydrogen-bond donors (Lipinski definition) is 1. The van der Waals surface area contributed by atoms with Crippen LogP contribution in [0.25, 0.3) is 0 Å². The molecule has 0 saturated carbocycles. The van der Waals surface area contributed by atoms with E-state index in [1.165, 1.54) is 4.88 Å². The average molecular weight is 266 g/mol. The van der Waals surface area contributed by atoms with Crippen LogP contribution in [0.3, 0.4) is 0 Å². The van der Waals surface area contributed by atoms with Crippen LogP contribution >= 0.6 is 11.3 Å². The highest BCUT2D eigenvalue weighted by Crippen LogP contribution is 2.21. The van der Waals surface area contributed by atoms with Gasteiger partial charge in [-0.15, -0.1) is 11.3 Å². The van der Waals surface area contributed by atoms with E-state index in [9.17, 15) is 4.79 Å². The molecule has 0 aliphatic carbocycles. The predicted molar refractivity (Wildman–Crippen MR) is 76.4 cm³/mol. The maximum Gasteiger partial charge on any atom is 0.252 e. The van der Waals surface area contributed by atoms with E-state index in [4.69, 9.17) is 0 Å². The molecule has 100 valence electrons. The summed E-state index contributed by atoms with van der Waals surface area (Å²) in [4.78, 5) is 15.9. The van der Waals surface area contributed by atoms with Crippen molar-refractivity contribution >= 4 is 17.2 Å². The molecule has 2 rings (SSSR count). The first-order chi connectivity index (χ1) is 8.61. The van der Waals surface area contributed by atoms with Gasteiger partial charge in [-0.25, -0.2) is 0 Å². The Labute approximate surface area is 113 Å². The summed E-state index contributed by atoms with van der Waals surface area (Å²) in [6.07, 6.45) is 2.14. The number of nitrogens with zero attached hydrogens (tertiary/aromatic N) is 1. The SMILES string of the molecule is CCN1CCC(NC(=O)c2csc(C)c2C)CC1. The molecule has 1 amide bonds. The summed E-state index contributed by atoms with van der Waals surface area (Å²) in [5.74, 6) is 0.104. The van der Waals surface area contributed by atoms with Crippen molar-refractivity contribution in [3.8, 4) is 0 Å². The van der Waals surface area contributed by atoms with Crippen LogP contribution < -0.4 is 5.32 Å². The van der Waals surface area contributed by atoms with Crippen molar-refractivity contribution in [3.05, 3.63) is 21.4 Å². The summed E-state index contributed by atoms with van der Waals surface area (Å²) >= 11 is 1.66. The quantitative estimate of drug-likeness (QED) is 0.912. The van der Waals surface area contributed by atoms with Gasteiger partial charge in [-0.05, 0) is 38.8 Å². The lowest BCUT2D eigenvalue weighted by Crippen LogP contribution is -2.44. The molecular weight excluding hydrogens is 244 g/mol. The zero-order valence-corrected chi connectivity index (χ0v) is 12.3. The average Bonchev–Trinajstić information content (AvgIpc) is 2.71. The van der Waals surface area contributed by atoms with Gasteiger partial charge in [0.15, 0.2) is 0 Å². The smallest absolute Gasteiger partial charge is 0.252 e. The summed E-state index contributed by atoms with van der Waals surface area (Å²) in [6, 6.07) is 0.347. The van der Waals surface area contributed by atoms with E-state index in [1.807, 2.05) is 12.3 Å². The summed E-state index contributed by atoms with van der Waals surface area (Å²) in [7, 11) is 0. The summed E-state index contributed by atoms with van der Waals surface area (Å²) in [5, 5.41) is 5.15. The van der Waals surface area contributed by atoms with Crippen LogP contribution in [0.5, 0.6) is 0 Å². The molecule has 18 heavy (non-hydrogen) atoms. The minimum absolute atomic E-state index is 0.104. The third-order valence-corrected chi connectivity index (χ3v) is 4.91. The van der Waals surface area contributed by atoms with Crippen LogP contribution in [0, 0.1) is 13.8 Å². The highest BCUT2D eigenvalue weighted by molar-refractivity contribution is 7.10. The number of amides is 1. The van der Waals surface area contributed by atoms with Gasteiger partial charge < -0.3 is 10.2 Å². The fourth-order valence-electron chi connectivity index (χ4n) is 2.39. The minimum Gasteiger partial charge on any atom is -0.349 e. The van der Waals surface area contributed by atoms with Crippen molar-refractivity contribution in [2.75, 3.05) is 19.6 Å². The number of nitrogens with one attached hydrogen (secondary N) is 1. The normalized spacial score (nSPS) is 17.9. The van der Waals surface area contributed by atoms with Crippen molar-refractivity contribution in [3.63, 3.8) is 0 Å². The second-order valence-electron chi connectivity index (χ2n) is 5.01. The lowest BCUT2D eigenvalue weighted by molar-refractivity contribution is 0.0912. The molecule has 1 aliphatic heterocycles. The Morgan fingerprint density at radius 3 is 2.61 bits per heavy atom. The molecule has 0 aromatic carbocycles. The van der Waals surface area contributed by atoms with E-state index in [0.29, 0.717) is 6.04 Å². The summed E-state index contributed by atoms with van der Waals surface area (Å²) in [6.45, 7) is 9.60. The number of rotatable bonds is 3. The highest BCUT2D eigenvalue weighted by Gasteiger charge is 2.21. The lowest BCUT2D eigenvalue weighted by atomic mass is 10.0. The zero-order valence-electron chi connectivity index (χ0n) is 11.5. The fraction of sp³-hybridized carbons (Fsp3) is 0.643. The Morgan fingerprint density at radius 1 is 1.44 bits per heavy atom. The van der Waals surface area contributed by atoms with Crippen molar-refractivity contribution in [1.82, 2.24) is 10.2 Å². The first kappa shape index (κ1) is 13.6. The second kappa shape index (κ2) is 5.85. The van der Waals surface area contributed by atoms with Crippen LogP contribution in [0.1, 0.15) is 40.6 Å². The zero-order chi connectivity index (χ0) is 13.1. The summed E-state index contributed by atoms with van der Waals surface area (Å²) in [5.41, 5.74) is 1.99. The van der Waals surface area contributed by atoms with Crippen molar-refractivity contribution in [2.24, 2.45) is 0 Å². The van der Waals surface area contributed by atoms with Gasteiger partial charge in [-0.3, -0.25) is 4.79 Å². The largest absolute Gasteiger partial charge is 0.349 e. The first-order valence-corrected chi connectivity index (χ1v) is 7.57. The number of piperidine rings is 1. The highest BCUT2D eigenvalue weighted by atomic mass is 32.1. The van der Waals surface area contributed by atoms with E-state index in [0.717, 1.165) is 43.6 Å². The minimum atomic E-state index is 0.104. The van der Waals surface area contributed by atoms with Crippen molar-refractivity contribution < 1.29 is 4.79 Å². The van der Waals surface area contributed by atoms with Crippen LogP contribution in [0.4, 0.5) is 0 Å². The Morgan fingerprint density at radius 2 is 2.11 bits per heavy atom. The van der Waals surface area contributed by atoms with E-state index in [1.54, 1.807) is 11.3 Å². The molecule has 0 radical (unpaired) electrons. The topological polar surface area (TPSA) is 32.3 Å². The standard InChI is InChI=1S/C14H22N2OS/c1-4-16-7-5-12(6-8-16)15-14(17)13-9-18-11(3)10(13)2/h9,12H,4-8H2,1-3H3,(H,15,17). The third kappa shape index (κ3) is 2.93. The number of likely N-dealkylation sites (tertiary alicyclic amines) is 1. The fourth-order valence-corrected chi connectivity index (χ4v) is 3.26.